The Hall–Kier alpha value is -0.870. The van der Waals surface area contributed by atoms with Crippen LogP contribution in [0, 0.1) is 5.41 Å². The van der Waals surface area contributed by atoms with Crippen LogP contribution in [-0.2, 0) is 17.6 Å². The first kappa shape index (κ1) is 14.1. The van der Waals surface area contributed by atoms with Crippen LogP contribution in [0.4, 0.5) is 0 Å². The minimum Gasteiger partial charge on any atom is -0.380 e. The lowest BCUT2D eigenvalue weighted by molar-refractivity contribution is -0.0978. The molecule has 1 N–H and O–H groups in total. The average Bonchev–Trinajstić information content (AvgIpc) is 2.76. The van der Waals surface area contributed by atoms with Crippen LogP contribution in [0.3, 0.4) is 0 Å². The molecule has 2 heterocycles. The van der Waals surface area contributed by atoms with E-state index in [1.54, 1.807) is 11.3 Å². The SMILES string of the molecule is CC1(CNC(=O)c2cc3c(s2)CCCCCC3)COC1. The standard InChI is InChI=1S/C16H23NO2S/c1-16(10-19-11-16)9-17-15(18)14-8-12-6-4-2-3-5-7-13(12)20-14/h8H,2-7,9-11H2,1H3,(H,17,18). The molecule has 1 saturated heterocycles. The van der Waals surface area contributed by atoms with Gasteiger partial charge in [-0.25, -0.2) is 0 Å². The average molecular weight is 293 g/mol. The first-order valence-corrected chi connectivity index (χ1v) is 8.45. The normalized spacial score (nSPS) is 21.2. The van der Waals surface area contributed by atoms with Gasteiger partial charge in [-0.1, -0.05) is 19.8 Å². The molecule has 1 aromatic rings. The largest absolute Gasteiger partial charge is 0.380 e. The van der Waals surface area contributed by atoms with E-state index in [1.165, 1.54) is 36.1 Å². The van der Waals surface area contributed by atoms with E-state index >= 15 is 0 Å². The molecule has 3 nitrogen and oxygen atoms in total. The molecule has 110 valence electrons. The monoisotopic (exact) mass is 293 g/mol. The Morgan fingerprint density at radius 3 is 2.75 bits per heavy atom. The Morgan fingerprint density at radius 2 is 2.05 bits per heavy atom. The van der Waals surface area contributed by atoms with Gasteiger partial charge >= 0.3 is 0 Å². The van der Waals surface area contributed by atoms with Crippen molar-refractivity contribution in [3.63, 3.8) is 0 Å². The number of amides is 1. The first-order chi connectivity index (χ1) is 9.66. The highest BCUT2D eigenvalue weighted by molar-refractivity contribution is 7.14. The predicted molar refractivity (Wildman–Crippen MR) is 81.5 cm³/mol. The van der Waals surface area contributed by atoms with E-state index in [9.17, 15) is 4.79 Å². The van der Waals surface area contributed by atoms with E-state index in [4.69, 9.17) is 4.74 Å². The van der Waals surface area contributed by atoms with Crippen LogP contribution >= 0.6 is 11.3 Å². The summed E-state index contributed by atoms with van der Waals surface area (Å²) >= 11 is 1.70. The predicted octanol–water partition coefficient (Wildman–Crippen LogP) is 3.17. The summed E-state index contributed by atoms with van der Waals surface area (Å²) in [7, 11) is 0. The first-order valence-electron chi connectivity index (χ1n) is 7.64. The number of ether oxygens (including phenoxy) is 1. The van der Waals surface area contributed by atoms with Crippen molar-refractivity contribution >= 4 is 17.2 Å². The van der Waals surface area contributed by atoms with E-state index in [2.05, 4.69) is 18.3 Å². The molecule has 0 atom stereocenters. The van der Waals surface area contributed by atoms with Gasteiger partial charge in [0.25, 0.3) is 5.91 Å². The molecular weight excluding hydrogens is 270 g/mol. The Morgan fingerprint density at radius 1 is 1.30 bits per heavy atom. The van der Waals surface area contributed by atoms with Gasteiger partial charge in [0.1, 0.15) is 0 Å². The van der Waals surface area contributed by atoms with Crippen LogP contribution in [0.5, 0.6) is 0 Å². The number of hydrogen-bond donors (Lipinski definition) is 1. The van der Waals surface area contributed by atoms with Gasteiger partial charge in [-0.2, -0.15) is 0 Å². The molecule has 1 aliphatic carbocycles. The zero-order valence-electron chi connectivity index (χ0n) is 12.2. The van der Waals surface area contributed by atoms with Gasteiger partial charge in [-0.05, 0) is 37.3 Å². The van der Waals surface area contributed by atoms with Gasteiger partial charge < -0.3 is 10.1 Å². The van der Waals surface area contributed by atoms with Crippen LogP contribution in [0.25, 0.3) is 0 Å². The molecule has 0 bridgehead atoms. The van der Waals surface area contributed by atoms with Crippen molar-refractivity contribution in [3.05, 3.63) is 21.4 Å². The van der Waals surface area contributed by atoms with Crippen LogP contribution < -0.4 is 5.32 Å². The van der Waals surface area contributed by atoms with Crippen molar-refractivity contribution < 1.29 is 9.53 Å². The Labute approximate surface area is 124 Å². The summed E-state index contributed by atoms with van der Waals surface area (Å²) in [5.74, 6) is 0.0925. The second-order valence-electron chi connectivity index (χ2n) is 6.46. The minimum absolute atomic E-state index is 0.0925. The van der Waals surface area contributed by atoms with Gasteiger partial charge in [0, 0.05) is 16.8 Å². The lowest BCUT2D eigenvalue weighted by Crippen LogP contribution is -2.48. The number of nitrogens with one attached hydrogen (secondary N) is 1. The van der Waals surface area contributed by atoms with Gasteiger partial charge in [0.2, 0.25) is 0 Å². The molecule has 20 heavy (non-hydrogen) atoms. The number of aryl methyl sites for hydroxylation is 2. The summed E-state index contributed by atoms with van der Waals surface area (Å²) < 4.78 is 5.22. The van der Waals surface area contributed by atoms with Crippen molar-refractivity contribution in [3.8, 4) is 0 Å². The van der Waals surface area contributed by atoms with Gasteiger partial charge in [-0.15, -0.1) is 11.3 Å². The lowest BCUT2D eigenvalue weighted by Gasteiger charge is -2.37. The molecule has 0 aromatic carbocycles. The molecule has 0 unspecified atom stereocenters. The van der Waals surface area contributed by atoms with Crippen LogP contribution in [-0.4, -0.2) is 25.7 Å². The molecule has 1 amide bonds. The zero-order chi connectivity index (χ0) is 14.0. The number of hydrogen-bond acceptors (Lipinski definition) is 3. The molecule has 2 aliphatic rings. The third kappa shape index (κ3) is 3.07. The summed E-state index contributed by atoms with van der Waals surface area (Å²) in [5, 5.41) is 3.07. The maximum Gasteiger partial charge on any atom is 0.261 e. The molecular formula is C16H23NO2S. The smallest absolute Gasteiger partial charge is 0.261 e. The number of carbonyl (C=O) groups excluding carboxylic acids is 1. The Balaban J connectivity index is 1.64. The zero-order valence-corrected chi connectivity index (χ0v) is 13.0. The van der Waals surface area contributed by atoms with Gasteiger partial charge in [-0.3, -0.25) is 4.79 Å². The van der Waals surface area contributed by atoms with Crippen molar-refractivity contribution in [2.75, 3.05) is 19.8 Å². The summed E-state index contributed by atoms with van der Waals surface area (Å²) in [4.78, 5) is 14.6. The minimum atomic E-state index is 0.0925. The molecule has 1 aromatic heterocycles. The van der Waals surface area contributed by atoms with E-state index in [0.717, 1.165) is 30.9 Å². The van der Waals surface area contributed by atoms with Crippen LogP contribution in [0.2, 0.25) is 0 Å². The van der Waals surface area contributed by atoms with Gasteiger partial charge in [0.05, 0.1) is 18.1 Å². The highest BCUT2D eigenvalue weighted by Gasteiger charge is 2.33. The Bertz CT molecular complexity index is 465. The highest BCUT2D eigenvalue weighted by atomic mass is 32.1. The summed E-state index contributed by atoms with van der Waals surface area (Å²) in [6.07, 6.45) is 7.49. The number of thiophene rings is 1. The van der Waals surface area contributed by atoms with E-state index in [-0.39, 0.29) is 11.3 Å². The molecule has 1 aliphatic heterocycles. The lowest BCUT2D eigenvalue weighted by atomic mass is 9.89. The third-order valence-electron chi connectivity index (χ3n) is 4.30. The Kier molecular flexibility index (Phi) is 4.13. The maximum absolute atomic E-state index is 12.3. The topological polar surface area (TPSA) is 38.3 Å². The van der Waals surface area contributed by atoms with E-state index < -0.39 is 0 Å². The summed E-state index contributed by atoms with van der Waals surface area (Å²) in [5.41, 5.74) is 1.56. The maximum atomic E-state index is 12.3. The van der Waals surface area contributed by atoms with E-state index in [0.29, 0.717) is 6.54 Å². The molecule has 0 spiro atoms. The fourth-order valence-electron chi connectivity index (χ4n) is 2.89. The molecule has 3 rings (SSSR count). The summed E-state index contributed by atoms with van der Waals surface area (Å²) in [6, 6.07) is 2.13. The fraction of sp³-hybridized carbons (Fsp3) is 0.688. The molecule has 4 heteroatoms. The molecule has 0 saturated carbocycles. The van der Waals surface area contributed by atoms with Crippen LogP contribution in [0.1, 0.15) is 52.7 Å². The second-order valence-corrected chi connectivity index (χ2v) is 7.60. The van der Waals surface area contributed by atoms with Crippen molar-refractivity contribution in [1.82, 2.24) is 5.32 Å². The number of fused-ring (bicyclic) bond motifs is 1. The third-order valence-corrected chi connectivity index (χ3v) is 5.53. The second kappa shape index (κ2) is 5.86. The van der Waals surface area contributed by atoms with Crippen molar-refractivity contribution in [2.24, 2.45) is 5.41 Å². The summed E-state index contributed by atoms with van der Waals surface area (Å²) in [6.45, 7) is 4.39. The molecule has 0 radical (unpaired) electrons. The van der Waals surface area contributed by atoms with Crippen molar-refractivity contribution in [2.45, 2.75) is 45.4 Å². The van der Waals surface area contributed by atoms with Crippen LogP contribution in [0.15, 0.2) is 6.07 Å². The number of rotatable bonds is 3. The fourth-order valence-corrected chi connectivity index (χ4v) is 4.06. The quantitative estimate of drug-likeness (QED) is 0.929. The number of carbonyl (C=O) groups is 1. The van der Waals surface area contributed by atoms with E-state index in [1.807, 2.05) is 0 Å². The molecule has 1 fully saturated rings. The van der Waals surface area contributed by atoms with Crippen molar-refractivity contribution in [1.29, 1.82) is 0 Å². The van der Waals surface area contributed by atoms with Gasteiger partial charge in [0.15, 0.2) is 0 Å². The highest BCUT2D eigenvalue weighted by Crippen LogP contribution is 2.29.